The fraction of sp³-hybridized carbons (Fsp3) is 0.348. The van der Waals surface area contributed by atoms with Crippen molar-refractivity contribution in [3.05, 3.63) is 70.6 Å². The largest absolute Gasteiger partial charge is 0.497 e. The zero-order valence-corrected chi connectivity index (χ0v) is 17.5. The zero-order chi connectivity index (χ0) is 20.6. The number of nitrogens with zero attached hydrogens (tertiary/aromatic N) is 1. The van der Waals surface area contributed by atoms with Gasteiger partial charge in [-0.3, -0.25) is 0 Å². The highest BCUT2D eigenvalue weighted by Crippen LogP contribution is 2.29. The van der Waals surface area contributed by atoms with Crippen molar-refractivity contribution in [2.75, 3.05) is 20.8 Å². The van der Waals surface area contributed by atoms with Gasteiger partial charge in [-0.05, 0) is 62.2 Å². The molecular weight excluding hydrogens is 368 g/mol. The molecule has 0 spiro atoms. The molecule has 0 bridgehead atoms. The van der Waals surface area contributed by atoms with Crippen molar-refractivity contribution in [1.29, 1.82) is 0 Å². The quantitative estimate of drug-likeness (QED) is 0.518. The second-order valence-electron chi connectivity index (χ2n) is 6.85. The van der Waals surface area contributed by atoms with E-state index in [1.165, 1.54) is 5.56 Å². The molecule has 0 aliphatic rings. The molecule has 0 atom stereocenters. The van der Waals surface area contributed by atoms with Crippen LogP contribution in [0.25, 0.3) is 0 Å². The van der Waals surface area contributed by atoms with Gasteiger partial charge in [-0.2, -0.15) is 0 Å². The summed E-state index contributed by atoms with van der Waals surface area (Å²) in [5.74, 6) is 3.08. The normalized spacial score (nSPS) is 10.8. The van der Waals surface area contributed by atoms with E-state index in [0.717, 1.165) is 47.8 Å². The first-order valence-corrected chi connectivity index (χ1v) is 9.66. The van der Waals surface area contributed by atoms with Crippen molar-refractivity contribution in [3.63, 3.8) is 0 Å². The minimum atomic E-state index is 0.398. The Morgan fingerprint density at radius 1 is 0.966 bits per heavy atom. The van der Waals surface area contributed by atoms with Crippen LogP contribution in [0.5, 0.6) is 17.2 Å². The van der Waals surface area contributed by atoms with Gasteiger partial charge in [-0.15, -0.1) is 0 Å². The molecule has 0 aliphatic carbocycles. The van der Waals surface area contributed by atoms with Gasteiger partial charge in [-0.25, -0.2) is 0 Å². The summed E-state index contributed by atoms with van der Waals surface area (Å²) in [7, 11) is 3.34. The van der Waals surface area contributed by atoms with Crippen LogP contribution in [-0.4, -0.2) is 25.9 Å². The summed E-state index contributed by atoms with van der Waals surface area (Å²) in [5, 5.41) is 7.43. The molecule has 0 unspecified atom stereocenters. The van der Waals surface area contributed by atoms with Crippen molar-refractivity contribution in [2.24, 2.45) is 0 Å². The molecule has 1 N–H and O–H groups in total. The van der Waals surface area contributed by atoms with Gasteiger partial charge in [0.2, 0.25) is 0 Å². The smallest absolute Gasteiger partial charge is 0.161 e. The van der Waals surface area contributed by atoms with E-state index in [2.05, 4.69) is 22.6 Å². The fourth-order valence-electron chi connectivity index (χ4n) is 3.09. The first-order chi connectivity index (χ1) is 14.1. The van der Waals surface area contributed by atoms with E-state index in [0.29, 0.717) is 18.1 Å². The topological polar surface area (TPSA) is 65.8 Å². The predicted molar refractivity (Wildman–Crippen MR) is 112 cm³/mol. The molecule has 0 fully saturated rings. The Balaban J connectivity index is 1.53. The minimum absolute atomic E-state index is 0.398. The van der Waals surface area contributed by atoms with Gasteiger partial charge >= 0.3 is 0 Å². The number of hydrogen-bond acceptors (Lipinski definition) is 6. The van der Waals surface area contributed by atoms with E-state index in [9.17, 15) is 0 Å². The Morgan fingerprint density at radius 3 is 2.55 bits per heavy atom. The van der Waals surface area contributed by atoms with E-state index < -0.39 is 0 Å². The molecule has 1 aromatic heterocycles. The van der Waals surface area contributed by atoms with Gasteiger partial charge in [0.15, 0.2) is 11.5 Å². The average Bonchev–Trinajstić information content (AvgIpc) is 3.07. The maximum Gasteiger partial charge on any atom is 0.161 e. The van der Waals surface area contributed by atoms with E-state index in [4.69, 9.17) is 18.7 Å². The lowest BCUT2D eigenvalue weighted by molar-refractivity contribution is 0.281. The Bertz CT molecular complexity index is 917. The fourth-order valence-corrected chi connectivity index (χ4v) is 3.09. The maximum absolute atomic E-state index is 5.94. The molecule has 0 aliphatic heterocycles. The van der Waals surface area contributed by atoms with Crippen LogP contribution >= 0.6 is 0 Å². The molecule has 3 rings (SSSR count). The number of aryl methyl sites for hydroxylation is 2. The summed E-state index contributed by atoms with van der Waals surface area (Å²) in [4.78, 5) is 0. The highest BCUT2D eigenvalue weighted by atomic mass is 16.5. The van der Waals surface area contributed by atoms with Gasteiger partial charge in [0.1, 0.15) is 18.1 Å². The monoisotopic (exact) mass is 396 g/mol. The molecule has 6 nitrogen and oxygen atoms in total. The van der Waals surface area contributed by atoms with Crippen LogP contribution in [0.15, 0.2) is 47.0 Å². The third-order valence-corrected chi connectivity index (χ3v) is 4.83. The molecule has 6 heteroatoms. The van der Waals surface area contributed by atoms with Crippen LogP contribution in [0.1, 0.15) is 28.1 Å². The second kappa shape index (κ2) is 9.98. The predicted octanol–water partition coefficient (Wildman–Crippen LogP) is 4.22. The lowest BCUT2D eigenvalue weighted by atomic mass is 10.1. The lowest BCUT2D eigenvalue weighted by Crippen LogP contribution is -2.16. The number of benzene rings is 2. The van der Waals surface area contributed by atoms with Crippen LogP contribution in [0, 0.1) is 13.8 Å². The van der Waals surface area contributed by atoms with Crippen molar-refractivity contribution < 1.29 is 18.7 Å². The highest BCUT2D eigenvalue weighted by Gasteiger charge is 2.12. The molecule has 1 heterocycles. The molecule has 0 saturated heterocycles. The van der Waals surface area contributed by atoms with Crippen molar-refractivity contribution in [2.45, 2.75) is 33.4 Å². The van der Waals surface area contributed by atoms with E-state index in [1.807, 2.05) is 44.2 Å². The third kappa shape index (κ3) is 5.51. The van der Waals surface area contributed by atoms with Gasteiger partial charge in [0.25, 0.3) is 0 Å². The number of ether oxygens (including phenoxy) is 3. The molecule has 0 amide bonds. The highest BCUT2D eigenvalue weighted by molar-refractivity contribution is 5.43. The zero-order valence-electron chi connectivity index (χ0n) is 17.5. The summed E-state index contributed by atoms with van der Waals surface area (Å²) < 4.78 is 21.9. The van der Waals surface area contributed by atoms with Crippen LogP contribution < -0.4 is 19.5 Å². The Kier molecular flexibility index (Phi) is 7.14. The van der Waals surface area contributed by atoms with Gasteiger partial charge in [0.05, 0.1) is 25.5 Å². The van der Waals surface area contributed by atoms with Gasteiger partial charge < -0.3 is 24.1 Å². The lowest BCUT2D eigenvalue weighted by Gasteiger charge is -2.13. The first kappa shape index (κ1) is 20.7. The molecule has 2 aromatic carbocycles. The second-order valence-corrected chi connectivity index (χ2v) is 6.85. The summed E-state index contributed by atoms with van der Waals surface area (Å²) in [5.41, 5.74) is 4.20. The number of nitrogens with one attached hydrogen (secondary N) is 1. The molecule has 154 valence electrons. The summed E-state index contributed by atoms with van der Waals surface area (Å²) >= 11 is 0. The van der Waals surface area contributed by atoms with Crippen molar-refractivity contribution >= 4 is 0 Å². The average molecular weight is 396 g/mol. The summed E-state index contributed by atoms with van der Waals surface area (Å²) in [6, 6.07) is 14.1. The van der Waals surface area contributed by atoms with Crippen molar-refractivity contribution in [3.8, 4) is 17.2 Å². The van der Waals surface area contributed by atoms with Gasteiger partial charge in [0, 0.05) is 6.54 Å². The third-order valence-electron chi connectivity index (χ3n) is 4.83. The first-order valence-electron chi connectivity index (χ1n) is 9.66. The number of methoxy groups -OCH3 is 2. The number of rotatable bonds is 10. The van der Waals surface area contributed by atoms with Crippen molar-refractivity contribution in [1.82, 2.24) is 10.5 Å². The summed E-state index contributed by atoms with van der Waals surface area (Å²) in [6.45, 7) is 5.82. The van der Waals surface area contributed by atoms with Gasteiger partial charge in [-0.1, -0.05) is 23.4 Å². The van der Waals surface area contributed by atoms with Crippen LogP contribution in [0.3, 0.4) is 0 Å². The van der Waals surface area contributed by atoms with E-state index >= 15 is 0 Å². The Labute approximate surface area is 171 Å². The van der Waals surface area contributed by atoms with Crippen LogP contribution in [0.2, 0.25) is 0 Å². The maximum atomic E-state index is 5.94. The molecular formula is C23H28N2O4. The SMILES string of the molecule is COc1cccc(CCNCc2ccc(OCc3c(C)noc3C)c(OC)c2)c1. The molecule has 0 radical (unpaired) electrons. The van der Waals surface area contributed by atoms with E-state index in [1.54, 1.807) is 14.2 Å². The van der Waals surface area contributed by atoms with E-state index in [-0.39, 0.29) is 0 Å². The van der Waals surface area contributed by atoms with Crippen LogP contribution in [0.4, 0.5) is 0 Å². The number of hydrogen-bond donors (Lipinski definition) is 1. The molecule has 29 heavy (non-hydrogen) atoms. The van der Waals surface area contributed by atoms with Crippen LogP contribution in [-0.2, 0) is 19.6 Å². The standard InChI is InChI=1S/C23H28N2O4/c1-16-21(17(2)29-25-16)15-28-22-9-8-19(13-23(22)27-4)14-24-11-10-18-6-5-7-20(12-18)26-3/h5-9,12-13,24H,10-11,14-15H2,1-4H3. The minimum Gasteiger partial charge on any atom is -0.497 e. The molecule has 0 saturated carbocycles. The molecule has 3 aromatic rings. The Morgan fingerprint density at radius 2 is 1.83 bits per heavy atom. The number of aromatic nitrogens is 1. The summed E-state index contributed by atoms with van der Waals surface area (Å²) in [6.07, 6.45) is 0.937. The Hall–Kier alpha value is -2.99.